The van der Waals surface area contributed by atoms with E-state index in [1.165, 1.54) is 12.8 Å². The van der Waals surface area contributed by atoms with E-state index in [2.05, 4.69) is 6.92 Å². The minimum Gasteiger partial charge on any atom is -0.494 e. The van der Waals surface area contributed by atoms with Crippen molar-refractivity contribution in [3.8, 4) is 5.75 Å². The molecule has 0 saturated carbocycles. The molecule has 26 heavy (non-hydrogen) atoms. The Hall–Kier alpha value is -1.73. The summed E-state index contributed by atoms with van der Waals surface area (Å²) in [4.78, 5) is 10.9. The number of halogens is 2. The number of ether oxygens (including phenoxy) is 1. The number of aryl methyl sites for hydroxylation is 1. The van der Waals surface area contributed by atoms with Crippen LogP contribution in [0.4, 0.5) is 8.78 Å². The maximum absolute atomic E-state index is 12.9. The molecule has 0 aromatic heterocycles. The first-order valence-electron chi connectivity index (χ1n) is 9.02. The number of rotatable bonds is 13. The summed E-state index contributed by atoms with van der Waals surface area (Å²) in [6.07, 6.45) is 0.127. The van der Waals surface area contributed by atoms with Crippen LogP contribution in [0.15, 0.2) is 24.3 Å². The van der Waals surface area contributed by atoms with E-state index >= 15 is 0 Å². The fraction of sp³-hybridized carbons (Fsp3) is 0.632. The van der Waals surface area contributed by atoms with Gasteiger partial charge >= 0.3 is 5.97 Å². The third kappa shape index (κ3) is 6.53. The van der Waals surface area contributed by atoms with E-state index in [9.17, 15) is 18.7 Å². The second kappa shape index (κ2) is 11.1. The van der Waals surface area contributed by atoms with E-state index in [0.717, 1.165) is 24.2 Å². The Morgan fingerprint density at radius 1 is 1.19 bits per heavy atom. The number of nitrogens with two attached hydrogens (primary N) is 1. The van der Waals surface area contributed by atoms with Crippen LogP contribution < -0.4 is 10.5 Å². The van der Waals surface area contributed by atoms with Crippen molar-refractivity contribution in [2.45, 2.75) is 69.9 Å². The molecule has 0 aliphatic carbocycles. The number of carboxylic acid groups (broad SMARTS) is 1. The Balaban J connectivity index is 2.40. The number of benzene rings is 1. The van der Waals surface area contributed by atoms with Crippen LogP contribution in [0.3, 0.4) is 0 Å². The van der Waals surface area contributed by atoms with Crippen molar-refractivity contribution in [2.24, 2.45) is 5.73 Å². The summed E-state index contributed by atoms with van der Waals surface area (Å²) in [5.41, 5.74) is 3.20. The number of carboxylic acids is 1. The predicted octanol–water partition coefficient (Wildman–Crippen LogP) is 3.38. The standard InChI is InChI=1S/C19H29F2NO4/c1-2-3-4-5-13-26-15-11-9-14(10-12-15)7-6-8-16(23)19(22,17(20)21)18(24)25/h9-12,16-17,23H,2-8,13,22H2,1H3,(H,24,25). The number of hydrogen-bond donors (Lipinski definition) is 3. The van der Waals surface area contributed by atoms with Crippen LogP contribution >= 0.6 is 0 Å². The zero-order chi connectivity index (χ0) is 19.6. The van der Waals surface area contributed by atoms with E-state index in [-0.39, 0.29) is 6.42 Å². The average molecular weight is 373 g/mol. The second-order valence-electron chi connectivity index (χ2n) is 6.50. The van der Waals surface area contributed by atoms with Crippen molar-refractivity contribution in [2.75, 3.05) is 6.61 Å². The van der Waals surface area contributed by atoms with Crippen molar-refractivity contribution < 1.29 is 28.5 Å². The van der Waals surface area contributed by atoms with Crippen molar-refractivity contribution in [3.63, 3.8) is 0 Å². The van der Waals surface area contributed by atoms with E-state index in [1.54, 1.807) is 0 Å². The topological polar surface area (TPSA) is 92.8 Å². The molecule has 5 nitrogen and oxygen atoms in total. The Kier molecular flexibility index (Phi) is 9.51. The van der Waals surface area contributed by atoms with Crippen molar-refractivity contribution in [3.05, 3.63) is 29.8 Å². The highest BCUT2D eigenvalue weighted by Crippen LogP contribution is 2.22. The number of aliphatic carboxylic acids is 1. The number of aliphatic hydroxyl groups excluding tert-OH is 1. The molecule has 2 atom stereocenters. The van der Waals surface area contributed by atoms with Crippen LogP contribution in [0.2, 0.25) is 0 Å². The zero-order valence-electron chi connectivity index (χ0n) is 15.2. The molecule has 0 radical (unpaired) electrons. The maximum atomic E-state index is 12.9. The fourth-order valence-electron chi connectivity index (χ4n) is 2.59. The highest BCUT2D eigenvalue weighted by Gasteiger charge is 2.49. The summed E-state index contributed by atoms with van der Waals surface area (Å²) in [5.74, 6) is -1.13. The molecule has 0 heterocycles. The third-order valence-electron chi connectivity index (χ3n) is 4.42. The van der Waals surface area contributed by atoms with Crippen LogP contribution in [-0.2, 0) is 11.2 Å². The molecule has 0 saturated heterocycles. The monoisotopic (exact) mass is 373 g/mol. The van der Waals surface area contributed by atoms with Crippen LogP contribution in [0.5, 0.6) is 5.75 Å². The van der Waals surface area contributed by atoms with Gasteiger partial charge in [0, 0.05) is 0 Å². The van der Waals surface area contributed by atoms with Gasteiger partial charge in [-0.3, -0.25) is 0 Å². The molecule has 0 aliphatic rings. The molecule has 0 bridgehead atoms. The van der Waals surface area contributed by atoms with Gasteiger partial charge in [-0.15, -0.1) is 0 Å². The summed E-state index contributed by atoms with van der Waals surface area (Å²) < 4.78 is 31.4. The molecule has 0 amide bonds. The quantitative estimate of drug-likeness (QED) is 0.461. The fourth-order valence-corrected chi connectivity index (χ4v) is 2.59. The minimum atomic E-state index is -3.34. The van der Waals surface area contributed by atoms with Crippen molar-refractivity contribution >= 4 is 5.97 Å². The van der Waals surface area contributed by atoms with Crippen molar-refractivity contribution in [1.82, 2.24) is 0 Å². The summed E-state index contributed by atoms with van der Waals surface area (Å²) >= 11 is 0. The van der Waals surface area contributed by atoms with E-state index in [0.29, 0.717) is 19.4 Å². The van der Waals surface area contributed by atoms with Gasteiger partial charge in [0.25, 0.3) is 6.43 Å². The summed E-state index contributed by atoms with van der Waals surface area (Å²) in [5, 5.41) is 18.6. The smallest absolute Gasteiger partial charge is 0.332 e. The first-order chi connectivity index (χ1) is 12.3. The lowest BCUT2D eigenvalue weighted by Gasteiger charge is -2.29. The molecule has 7 heteroatoms. The SMILES string of the molecule is CCCCCCOc1ccc(CCCC(O)C(N)(C(=O)O)C(F)F)cc1. The molecular weight excluding hydrogens is 344 g/mol. The Labute approximate surface area is 153 Å². The van der Waals surface area contributed by atoms with E-state index in [1.807, 2.05) is 24.3 Å². The van der Waals surface area contributed by atoms with Crippen molar-refractivity contribution in [1.29, 1.82) is 0 Å². The highest BCUT2D eigenvalue weighted by atomic mass is 19.3. The lowest BCUT2D eigenvalue weighted by Crippen LogP contribution is -2.62. The molecule has 0 spiro atoms. The first kappa shape index (κ1) is 22.3. The molecule has 1 aromatic rings. The molecule has 0 fully saturated rings. The third-order valence-corrected chi connectivity index (χ3v) is 4.42. The molecule has 4 N–H and O–H groups in total. The lowest BCUT2D eigenvalue weighted by molar-refractivity contribution is -0.157. The average Bonchev–Trinajstić information content (AvgIpc) is 2.61. The van der Waals surface area contributed by atoms with Gasteiger partial charge in [-0.25, -0.2) is 13.6 Å². The number of carbonyl (C=O) groups is 1. The molecular formula is C19H29F2NO4. The molecule has 2 unspecified atom stereocenters. The van der Waals surface area contributed by atoms with Gasteiger partial charge in [0.1, 0.15) is 5.75 Å². The molecule has 148 valence electrons. The number of aliphatic hydroxyl groups is 1. The zero-order valence-corrected chi connectivity index (χ0v) is 15.2. The number of hydrogen-bond acceptors (Lipinski definition) is 4. The predicted molar refractivity (Wildman–Crippen MR) is 95.6 cm³/mol. The van der Waals surface area contributed by atoms with Gasteiger partial charge in [-0.2, -0.15) is 0 Å². The van der Waals surface area contributed by atoms with Gasteiger partial charge in [-0.05, 0) is 43.4 Å². The Morgan fingerprint density at radius 2 is 1.85 bits per heavy atom. The van der Waals surface area contributed by atoms with Gasteiger partial charge in [0.15, 0.2) is 0 Å². The lowest BCUT2D eigenvalue weighted by atomic mass is 9.90. The van der Waals surface area contributed by atoms with Gasteiger partial charge in [-0.1, -0.05) is 38.3 Å². The van der Waals surface area contributed by atoms with Gasteiger partial charge in [0.2, 0.25) is 5.54 Å². The van der Waals surface area contributed by atoms with E-state index in [4.69, 9.17) is 15.6 Å². The number of alkyl halides is 2. The van der Waals surface area contributed by atoms with Crippen LogP contribution in [-0.4, -0.2) is 40.9 Å². The largest absolute Gasteiger partial charge is 0.494 e. The highest BCUT2D eigenvalue weighted by molar-refractivity contribution is 5.80. The van der Waals surface area contributed by atoms with Gasteiger partial charge in [0.05, 0.1) is 12.7 Å². The summed E-state index contributed by atoms with van der Waals surface area (Å²) in [7, 11) is 0. The molecule has 0 aliphatic heterocycles. The normalized spacial score (nSPS) is 14.8. The van der Waals surface area contributed by atoms with Crippen LogP contribution in [0.1, 0.15) is 51.0 Å². The van der Waals surface area contributed by atoms with Gasteiger partial charge < -0.3 is 20.7 Å². The van der Waals surface area contributed by atoms with Crippen LogP contribution in [0.25, 0.3) is 0 Å². The summed E-state index contributed by atoms with van der Waals surface area (Å²) in [6, 6.07) is 7.42. The first-order valence-corrected chi connectivity index (χ1v) is 9.02. The Morgan fingerprint density at radius 3 is 2.38 bits per heavy atom. The maximum Gasteiger partial charge on any atom is 0.332 e. The number of unbranched alkanes of at least 4 members (excludes halogenated alkanes) is 3. The van der Waals surface area contributed by atoms with E-state index < -0.39 is 24.0 Å². The van der Waals surface area contributed by atoms with Crippen LogP contribution in [0, 0.1) is 0 Å². The minimum absolute atomic E-state index is 0.122. The summed E-state index contributed by atoms with van der Waals surface area (Å²) in [6.45, 7) is 2.83. The Bertz CT molecular complexity index is 539. The second-order valence-corrected chi connectivity index (χ2v) is 6.50. The molecule has 1 rings (SSSR count). The molecule has 1 aromatic carbocycles.